The van der Waals surface area contributed by atoms with Crippen LogP contribution >= 0.6 is 15.9 Å². The normalized spacial score (nSPS) is 23.5. The van der Waals surface area contributed by atoms with Gasteiger partial charge in [-0.05, 0) is 66.1 Å². The van der Waals surface area contributed by atoms with Gasteiger partial charge in [-0.25, -0.2) is 0 Å². The number of halogens is 1. The number of rotatable bonds is 5. The average molecular weight is 412 g/mol. The van der Waals surface area contributed by atoms with Crippen molar-refractivity contribution in [1.82, 2.24) is 0 Å². The van der Waals surface area contributed by atoms with E-state index < -0.39 is 0 Å². The number of allylic oxidation sites excluding steroid dienone is 2. The molecule has 0 spiro atoms. The predicted molar refractivity (Wildman–Crippen MR) is 112 cm³/mol. The smallest absolute Gasteiger partial charge is 0.119 e. The molecule has 3 unspecified atom stereocenters. The lowest BCUT2D eigenvalue weighted by Crippen LogP contribution is -2.29. The molecule has 3 heteroatoms. The van der Waals surface area contributed by atoms with Crippen LogP contribution in [0.5, 0.6) is 5.75 Å². The Hall–Kier alpha value is -1.74. The molecule has 3 atom stereocenters. The summed E-state index contributed by atoms with van der Waals surface area (Å²) in [5.74, 6) is 2.69. The van der Waals surface area contributed by atoms with Crippen LogP contribution in [0.15, 0.2) is 59.1 Å². The molecule has 0 radical (unpaired) electrons. The molecule has 26 heavy (non-hydrogen) atoms. The van der Waals surface area contributed by atoms with Crippen LogP contribution in [0.4, 0.5) is 5.69 Å². The molecular weight excluding hydrogens is 386 g/mol. The van der Waals surface area contributed by atoms with Gasteiger partial charge in [-0.1, -0.05) is 54.1 Å². The second-order valence-corrected chi connectivity index (χ2v) is 8.72. The topological polar surface area (TPSA) is 21.3 Å². The fourth-order valence-corrected chi connectivity index (χ4v) is 4.34. The summed E-state index contributed by atoms with van der Waals surface area (Å²) in [5, 5.41) is 3.79. The Balaban J connectivity index is 1.59. The van der Waals surface area contributed by atoms with Gasteiger partial charge in [0.2, 0.25) is 0 Å². The van der Waals surface area contributed by atoms with Crippen LogP contribution in [0.25, 0.3) is 0 Å². The highest BCUT2D eigenvalue weighted by molar-refractivity contribution is 9.10. The molecule has 1 heterocycles. The molecule has 0 fully saturated rings. The van der Waals surface area contributed by atoms with Gasteiger partial charge in [0.25, 0.3) is 0 Å². The Kier molecular flexibility index (Phi) is 5.08. The molecule has 2 nitrogen and oxygen atoms in total. The molecule has 1 aliphatic heterocycles. The summed E-state index contributed by atoms with van der Waals surface area (Å²) < 4.78 is 7.13. The minimum Gasteiger partial charge on any atom is -0.494 e. The summed E-state index contributed by atoms with van der Waals surface area (Å²) >= 11 is 3.54. The van der Waals surface area contributed by atoms with Crippen LogP contribution in [0.3, 0.4) is 0 Å². The molecule has 0 saturated heterocycles. The lowest BCUT2D eigenvalue weighted by atomic mass is 9.77. The zero-order valence-electron chi connectivity index (χ0n) is 15.4. The first-order chi connectivity index (χ1) is 12.6. The maximum Gasteiger partial charge on any atom is 0.119 e. The molecule has 0 aromatic heterocycles. The lowest BCUT2D eigenvalue weighted by Gasteiger charge is -2.37. The van der Waals surface area contributed by atoms with Crippen molar-refractivity contribution in [3.05, 3.63) is 70.2 Å². The third kappa shape index (κ3) is 3.55. The van der Waals surface area contributed by atoms with Crippen molar-refractivity contribution in [2.45, 2.75) is 38.6 Å². The average Bonchev–Trinajstić information content (AvgIpc) is 3.12. The van der Waals surface area contributed by atoms with Gasteiger partial charge >= 0.3 is 0 Å². The van der Waals surface area contributed by atoms with Gasteiger partial charge in [-0.15, -0.1) is 0 Å². The largest absolute Gasteiger partial charge is 0.494 e. The summed E-state index contributed by atoms with van der Waals surface area (Å²) in [6.45, 7) is 5.25. The van der Waals surface area contributed by atoms with Crippen molar-refractivity contribution in [3.8, 4) is 5.75 Å². The lowest BCUT2D eigenvalue weighted by molar-refractivity contribution is 0.289. The number of hydrogen-bond acceptors (Lipinski definition) is 2. The molecule has 0 bridgehead atoms. The van der Waals surface area contributed by atoms with E-state index in [1.807, 2.05) is 0 Å². The summed E-state index contributed by atoms with van der Waals surface area (Å²) in [5.41, 5.74) is 3.97. The Labute approximate surface area is 164 Å². The maximum atomic E-state index is 6.00. The summed E-state index contributed by atoms with van der Waals surface area (Å²) in [6, 6.07) is 15.6. The van der Waals surface area contributed by atoms with Crippen molar-refractivity contribution in [2.75, 3.05) is 11.9 Å². The predicted octanol–water partition coefficient (Wildman–Crippen LogP) is 6.70. The minimum absolute atomic E-state index is 0.350. The van der Waals surface area contributed by atoms with Gasteiger partial charge in [-0.3, -0.25) is 0 Å². The van der Waals surface area contributed by atoms with E-state index in [0.717, 1.165) is 29.7 Å². The van der Waals surface area contributed by atoms with Crippen LogP contribution in [0.2, 0.25) is 0 Å². The Morgan fingerprint density at radius 3 is 2.73 bits per heavy atom. The fourth-order valence-electron chi connectivity index (χ4n) is 4.07. The number of nitrogens with one attached hydrogen (secondary N) is 1. The molecule has 0 amide bonds. The fraction of sp³-hybridized carbons (Fsp3) is 0.391. The van der Waals surface area contributed by atoms with E-state index in [1.54, 1.807) is 0 Å². The van der Waals surface area contributed by atoms with Crippen molar-refractivity contribution in [2.24, 2.45) is 11.8 Å². The van der Waals surface area contributed by atoms with Gasteiger partial charge in [0.1, 0.15) is 5.75 Å². The van der Waals surface area contributed by atoms with Crippen LogP contribution in [0, 0.1) is 11.8 Å². The molecule has 136 valence electrons. The van der Waals surface area contributed by atoms with Crippen molar-refractivity contribution < 1.29 is 4.74 Å². The van der Waals surface area contributed by atoms with E-state index >= 15 is 0 Å². The van der Waals surface area contributed by atoms with E-state index in [1.165, 1.54) is 16.8 Å². The van der Waals surface area contributed by atoms with E-state index in [2.05, 4.69) is 89.7 Å². The second-order valence-electron chi connectivity index (χ2n) is 7.81. The molecular formula is C23H26BrNO. The quantitative estimate of drug-likeness (QED) is 0.552. The molecule has 1 N–H and O–H groups in total. The van der Waals surface area contributed by atoms with Crippen molar-refractivity contribution in [3.63, 3.8) is 0 Å². The Bertz CT molecular complexity index is 796. The minimum atomic E-state index is 0.350. The highest BCUT2D eigenvalue weighted by Crippen LogP contribution is 2.50. The first-order valence-corrected chi connectivity index (χ1v) is 10.4. The molecule has 2 aromatic rings. The Morgan fingerprint density at radius 1 is 1.15 bits per heavy atom. The third-order valence-corrected chi connectivity index (χ3v) is 6.06. The van der Waals surface area contributed by atoms with E-state index in [0.29, 0.717) is 23.8 Å². The van der Waals surface area contributed by atoms with E-state index in [4.69, 9.17) is 4.74 Å². The highest BCUT2D eigenvalue weighted by Gasteiger charge is 2.37. The van der Waals surface area contributed by atoms with Gasteiger partial charge in [-0.2, -0.15) is 0 Å². The molecule has 2 aliphatic rings. The summed E-state index contributed by atoms with van der Waals surface area (Å²) in [4.78, 5) is 0. The monoisotopic (exact) mass is 411 g/mol. The Morgan fingerprint density at radius 2 is 1.96 bits per heavy atom. The van der Waals surface area contributed by atoms with Crippen LogP contribution in [-0.2, 0) is 0 Å². The van der Waals surface area contributed by atoms with Gasteiger partial charge < -0.3 is 10.1 Å². The second kappa shape index (κ2) is 7.48. The number of benzene rings is 2. The van der Waals surface area contributed by atoms with E-state index in [-0.39, 0.29) is 0 Å². The molecule has 4 rings (SSSR count). The number of hydrogen-bond donors (Lipinski definition) is 1. The van der Waals surface area contributed by atoms with Crippen molar-refractivity contribution in [1.29, 1.82) is 0 Å². The third-order valence-electron chi connectivity index (χ3n) is 5.53. The molecule has 1 aliphatic carbocycles. The zero-order chi connectivity index (χ0) is 18.1. The van der Waals surface area contributed by atoms with Crippen LogP contribution in [-0.4, -0.2) is 6.61 Å². The molecule has 0 saturated carbocycles. The number of fused-ring (bicyclic) bond motifs is 3. The first kappa shape index (κ1) is 17.7. The van der Waals surface area contributed by atoms with Crippen LogP contribution < -0.4 is 10.1 Å². The maximum absolute atomic E-state index is 6.00. The first-order valence-electron chi connectivity index (χ1n) is 9.57. The van der Waals surface area contributed by atoms with Crippen molar-refractivity contribution >= 4 is 21.6 Å². The van der Waals surface area contributed by atoms with Gasteiger partial charge in [0.05, 0.1) is 12.6 Å². The van der Waals surface area contributed by atoms with E-state index in [9.17, 15) is 0 Å². The number of anilines is 1. The SMILES string of the molecule is CC(C)CCOc1ccc2c(c1)C1C=CCC1C(c1ccc(Br)cc1)N2. The summed E-state index contributed by atoms with van der Waals surface area (Å²) in [6.07, 6.45) is 6.93. The summed E-state index contributed by atoms with van der Waals surface area (Å²) in [7, 11) is 0. The molecule has 2 aromatic carbocycles. The van der Waals surface area contributed by atoms with Crippen LogP contribution in [0.1, 0.15) is 49.8 Å². The van der Waals surface area contributed by atoms with Gasteiger partial charge in [0, 0.05) is 16.1 Å². The van der Waals surface area contributed by atoms with Gasteiger partial charge in [0.15, 0.2) is 0 Å². The number of ether oxygens (including phenoxy) is 1. The standard InChI is InChI=1S/C23H26BrNO/c1-15(2)12-13-26-18-10-11-22-21(14-18)19-4-3-5-20(19)23(25-22)16-6-8-17(24)9-7-16/h3-4,6-11,14-15,19-20,23,25H,5,12-13H2,1-2H3. The zero-order valence-corrected chi connectivity index (χ0v) is 17.0. The highest BCUT2D eigenvalue weighted by atomic mass is 79.9.